The third-order valence-electron chi connectivity index (χ3n) is 6.25. The fourth-order valence-corrected chi connectivity index (χ4v) is 5.12. The van der Waals surface area contributed by atoms with Gasteiger partial charge in [0.2, 0.25) is 5.91 Å². The average Bonchev–Trinajstić information content (AvgIpc) is 3.30. The molecule has 7 nitrogen and oxygen atoms in total. The lowest BCUT2D eigenvalue weighted by Gasteiger charge is -2.27. The van der Waals surface area contributed by atoms with Gasteiger partial charge in [0.1, 0.15) is 17.3 Å². The zero-order valence-electron chi connectivity index (χ0n) is 19.5. The molecule has 3 aromatic carbocycles. The van der Waals surface area contributed by atoms with Gasteiger partial charge in [-0.2, -0.15) is 9.61 Å². The van der Waals surface area contributed by atoms with E-state index in [1.807, 2.05) is 78.9 Å². The molecular weight excluding hydrogens is 554 g/mol. The summed E-state index contributed by atoms with van der Waals surface area (Å²) < 4.78 is 8.51. The second-order valence-electron chi connectivity index (χ2n) is 8.56. The highest BCUT2D eigenvalue weighted by molar-refractivity contribution is 9.10. The lowest BCUT2D eigenvalue weighted by molar-refractivity contribution is -0.121. The number of anilines is 1. The number of hydrogen-bond donors (Lipinski definition) is 2. The third kappa shape index (κ3) is 4.43. The highest BCUT2D eigenvalue weighted by Crippen LogP contribution is 2.43. The first kappa shape index (κ1) is 23.5. The van der Waals surface area contributed by atoms with Crippen LogP contribution in [0.4, 0.5) is 5.82 Å². The standard InChI is InChI=1S/C28H21BrClN5O2/c29-20-16-33-35-25(15-22(34-27(20)35)17-7-1-4-10-21(17)30)31-13-14-32-28(36)26-18-8-2-5-11-23(18)37-24-12-6-3-9-19(24)26/h1-12,15-16,26,31H,13-14H2,(H,32,36). The van der Waals surface area contributed by atoms with Crippen LogP contribution in [0.2, 0.25) is 5.02 Å². The first-order valence-electron chi connectivity index (χ1n) is 11.8. The lowest BCUT2D eigenvalue weighted by Crippen LogP contribution is -2.34. The fourth-order valence-electron chi connectivity index (χ4n) is 4.54. The van der Waals surface area contributed by atoms with Gasteiger partial charge >= 0.3 is 0 Å². The van der Waals surface area contributed by atoms with Crippen molar-refractivity contribution < 1.29 is 9.53 Å². The van der Waals surface area contributed by atoms with Gasteiger partial charge < -0.3 is 15.4 Å². The predicted octanol–water partition coefficient (Wildman–Crippen LogP) is 6.28. The molecule has 0 spiro atoms. The molecule has 0 radical (unpaired) electrons. The van der Waals surface area contributed by atoms with Gasteiger partial charge in [-0.1, -0.05) is 66.2 Å². The van der Waals surface area contributed by atoms with Crippen LogP contribution in [0.25, 0.3) is 16.9 Å². The van der Waals surface area contributed by atoms with E-state index in [9.17, 15) is 4.79 Å². The van der Waals surface area contributed by atoms with Crippen LogP contribution in [0.1, 0.15) is 17.0 Å². The fraction of sp³-hybridized carbons (Fsp3) is 0.107. The third-order valence-corrected chi connectivity index (χ3v) is 7.14. The van der Waals surface area contributed by atoms with Crippen LogP contribution >= 0.6 is 27.5 Å². The van der Waals surface area contributed by atoms with Gasteiger partial charge in [0.05, 0.1) is 22.3 Å². The molecule has 0 fully saturated rings. The summed E-state index contributed by atoms with van der Waals surface area (Å²) in [4.78, 5) is 18.1. The lowest BCUT2D eigenvalue weighted by atomic mass is 9.87. The number of rotatable bonds is 6. The predicted molar refractivity (Wildman–Crippen MR) is 147 cm³/mol. The van der Waals surface area contributed by atoms with Gasteiger partial charge in [-0.25, -0.2) is 4.98 Å². The molecule has 1 aliphatic rings. The number of ether oxygens (including phenoxy) is 1. The zero-order valence-corrected chi connectivity index (χ0v) is 21.8. The second kappa shape index (κ2) is 9.88. The van der Waals surface area contributed by atoms with Crippen LogP contribution in [0.5, 0.6) is 11.5 Å². The normalized spacial score (nSPS) is 12.5. The molecule has 9 heteroatoms. The first-order valence-corrected chi connectivity index (χ1v) is 12.9. The Hall–Kier alpha value is -3.88. The van der Waals surface area contributed by atoms with E-state index in [1.54, 1.807) is 10.7 Å². The molecule has 6 rings (SSSR count). The molecule has 37 heavy (non-hydrogen) atoms. The van der Waals surface area contributed by atoms with E-state index in [0.29, 0.717) is 35.3 Å². The smallest absolute Gasteiger partial charge is 0.232 e. The van der Waals surface area contributed by atoms with Crippen LogP contribution in [0.15, 0.2) is 89.5 Å². The second-order valence-corrected chi connectivity index (χ2v) is 9.82. The maximum atomic E-state index is 13.4. The number of carbonyl (C=O) groups is 1. The van der Waals surface area contributed by atoms with Crippen molar-refractivity contribution in [1.29, 1.82) is 0 Å². The number of aromatic nitrogens is 3. The van der Waals surface area contributed by atoms with E-state index in [0.717, 1.165) is 32.7 Å². The Balaban J connectivity index is 1.21. The maximum Gasteiger partial charge on any atom is 0.232 e. The molecule has 2 aromatic heterocycles. The summed E-state index contributed by atoms with van der Waals surface area (Å²) in [6.45, 7) is 0.894. The average molecular weight is 575 g/mol. The van der Waals surface area contributed by atoms with Crippen molar-refractivity contribution in [2.75, 3.05) is 18.4 Å². The summed E-state index contributed by atoms with van der Waals surface area (Å²) >= 11 is 9.96. The number of nitrogens with zero attached hydrogens (tertiary/aromatic N) is 3. The molecule has 0 atom stereocenters. The number of benzene rings is 3. The van der Waals surface area contributed by atoms with Crippen LogP contribution < -0.4 is 15.4 Å². The monoisotopic (exact) mass is 573 g/mol. The molecule has 3 heterocycles. The summed E-state index contributed by atoms with van der Waals surface area (Å²) in [6, 6.07) is 24.8. The largest absolute Gasteiger partial charge is 0.457 e. The van der Waals surface area contributed by atoms with Gasteiger partial charge in [0.25, 0.3) is 0 Å². The molecule has 5 aromatic rings. The number of halogens is 2. The molecule has 1 aliphatic heterocycles. The van der Waals surface area contributed by atoms with Gasteiger partial charge in [0, 0.05) is 40.9 Å². The Morgan fingerprint density at radius 3 is 2.38 bits per heavy atom. The van der Waals surface area contributed by atoms with Gasteiger partial charge in [-0.15, -0.1) is 0 Å². The van der Waals surface area contributed by atoms with Crippen LogP contribution in [-0.4, -0.2) is 33.6 Å². The van der Waals surface area contributed by atoms with Gasteiger partial charge in [0.15, 0.2) is 5.65 Å². The number of amides is 1. The molecule has 0 bridgehead atoms. The molecule has 0 saturated heterocycles. The highest BCUT2D eigenvalue weighted by atomic mass is 79.9. The number of fused-ring (bicyclic) bond motifs is 3. The molecule has 2 N–H and O–H groups in total. The van der Waals surface area contributed by atoms with E-state index in [-0.39, 0.29) is 5.91 Å². The van der Waals surface area contributed by atoms with E-state index >= 15 is 0 Å². The van der Waals surface area contributed by atoms with Crippen molar-refractivity contribution >= 4 is 44.9 Å². The van der Waals surface area contributed by atoms with Crippen LogP contribution in [-0.2, 0) is 4.79 Å². The number of para-hydroxylation sites is 2. The Bertz CT molecular complexity index is 1590. The molecule has 1 amide bonds. The maximum absolute atomic E-state index is 13.4. The van der Waals surface area contributed by atoms with Crippen molar-refractivity contribution in [2.24, 2.45) is 0 Å². The molecule has 0 saturated carbocycles. The Morgan fingerprint density at radius 2 is 1.65 bits per heavy atom. The molecule has 0 unspecified atom stereocenters. The van der Waals surface area contributed by atoms with Crippen molar-refractivity contribution in [3.63, 3.8) is 0 Å². The van der Waals surface area contributed by atoms with Crippen LogP contribution in [0, 0.1) is 0 Å². The quantitative estimate of drug-likeness (QED) is 0.233. The number of hydrogen-bond acceptors (Lipinski definition) is 5. The summed E-state index contributed by atoms with van der Waals surface area (Å²) in [6.07, 6.45) is 1.70. The van der Waals surface area contributed by atoms with E-state index in [1.165, 1.54) is 0 Å². The van der Waals surface area contributed by atoms with Gasteiger partial charge in [-0.05, 0) is 34.1 Å². The van der Waals surface area contributed by atoms with E-state index in [2.05, 4.69) is 31.7 Å². The number of nitrogens with one attached hydrogen (secondary N) is 2. The van der Waals surface area contributed by atoms with Crippen molar-refractivity contribution in [1.82, 2.24) is 19.9 Å². The van der Waals surface area contributed by atoms with Crippen molar-refractivity contribution in [2.45, 2.75) is 5.92 Å². The summed E-state index contributed by atoms with van der Waals surface area (Å²) in [5, 5.41) is 11.5. The minimum Gasteiger partial charge on any atom is -0.457 e. The Labute approximate surface area is 226 Å². The molecule has 184 valence electrons. The summed E-state index contributed by atoms with van der Waals surface area (Å²) in [5.74, 6) is 1.62. The Kier molecular flexibility index (Phi) is 6.28. The van der Waals surface area contributed by atoms with Crippen molar-refractivity contribution in [3.05, 3.63) is 106 Å². The van der Waals surface area contributed by atoms with Crippen molar-refractivity contribution in [3.8, 4) is 22.8 Å². The van der Waals surface area contributed by atoms with E-state index in [4.69, 9.17) is 21.3 Å². The van der Waals surface area contributed by atoms with Gasteiger partial charge in [-0.3, -0.25) is 4.79 Å². The first-order chi connectivity index (χ1) is 18.1. The Morgan fingerprint density at radius 1 is 0.973 bits per heavy atom. The SMILES string of the molecule is O=C(NCCNc1cc(-c2ccccc2Cl)nc2c(Br)cnn12)C1c2ccccc2Oc2ccccc21. The summed E-state index contributed by atoms with van der Waals surface area (Å²) in [5.41, 5.74) is 3.93. The minimum atomic E-state index is -0.442. The van der Waals surface area contributed by atoms with E-state index < -0.39 is 5.92 Å². The summed E-state index contributed by atoms with van der Waals surface area (Å²) in [7, 11) is 0. The molecular formula is C28H21BrClN5O2. The highest BCUT2D eigenvalue weighted by Gasteiger charge is 2.32. The molecule has 0 aliphatic carbocycles. The minimum absolute atomic E-state index is 0.0801. The zero-order chi connectivity index (χ0) is 25.4. The van der Waals surface area contributed by atoms with Crippen LogP contribution in [0.3, 0.4) is 0 Å². The number of carbonyl (C=O) groups excluding carboxylic acids is 1. The topological polar surface area (TPSA) is 80.5 Å².